The molecule has 1 aliphatic heterocycles. The molecular formula is C26H32F3N5O4. The number of halogens is 3. The van der Waals surface area contributed by atoms with Gasteiger partial charge in [0.25, 0.3) is 5.91 Å². The van der Waals surface area contributed by atoms with Gasteiger partial charge in [-0.2, -0.15) is 18.4 Å². The normalized spacial score (nSPS) is 17.2. The van der Waals surface area contributed by atoms with Gasteiger partial charge in [0, 0.05) is 12.5 Å². The standard InChI is InChI=1S/C26H32F3N5O4/c1-12(2)8-17(24(36)32-16(11-30)10-15-6-7-31-23(15)35)33-25(37)21-19(26(27,28)29)18-20(34-21)13(3)9-14(4)22(18)38-5/h9,12,15-17,34H,6-8,10H2,1-5H3,(H,31,35)(H,32,36)(H,33,37)/t15-,16-,17-/m0/s1. The molecular weight excluding hydrogens is 503 g/mol. The molecule has 4 N–H and O–H groups in total. The Kier molecular flexibility index (Phi) is 8.59. The Morgan fingerprint density at radius 1 is 1.24 bits per heavy atom. The van der Waals surface area contributed by atoms with Crippen molar-refractivity contribution in [2.24, 2.45) is 11.8 Å². The second-order valence-corrected chi connectivity index (χ2v) is 10.0. The average molecular weight is 536 g/mol. The summed E-state index contributed by atoms with van der Waals surface area (Å²) in [6, 6.07) is 1.39. The first kappa shape index (κ1) is 28.8. The number of alkyl halides is 3. The van der Waals surface area contributed by atoms with Gasteiger partial charge in [0.05, 0.1) is 29.6 Å². The van der Waals surface area contributed by atoms with E-state index in [0.29, 0.717) is 24.1 Å². The highest BCUT2D eigenvalue weighted by Crippen LogP contribution is 2.44. The van der Waals surface area contributed by atoms with Gasteiger partial charge in [-0.05, 0) is 50.2 Å². The third-order valence-corrected chi connectivity index (χ3v) is 6.61. The Morgan fingerprint density at radius 2 is 1.92 bits per heavy atom. The molecule has 3 rings (SSSR count). The molecule has 1 aromatic carbocycles. The van der Waals surface area contributed by atoms with Crippen LogP contribution in [0.2, 0.25) is 0 Å². The molecule has 0 saturated carbocycles. The van der Waals surface area contributed by atoms with Gasteiger partial charge in [0.2, 0.25) is 11.8 Å². The number of H-pyrrole nitrogens is 1. The average Bonchev–Trinajstić information content (AvgIpc) is 3.42. The molecule has 1 aliphatic rings. The molecule has 1 fully saturated rings. The number of methoxy groups -OCH3 is 1. The quantitative estimate of drug-likeness (QED) is 0.390. The summed E-state index contributed by atoms with van der Waals surface area (Å²) in [5.74, 6) is -2.57. The molecule has 0 aliphatic carbocycles. The number of nitrogens with zero attached hydrogens (tertiary/aromatic N) is 1. The first-order chi connectivity index (χ1) is 17.8. The Morgan fingerprint density at radius 3 is 2.45 bits per heavy atom. The highest BCUT2D eigenvalue weighted by Gasteiger charge is 2.41. The number of hydrogen-bond acceptors (Lipinski definition) is 5. The molecule has 1 saturated heterocycles. The number of nitrogens with one attached hydrogen (secondary N) is 4. The van der Waals surface area contributed by atoms with Crippen molar-refractivity contribution in [1.82, 2.24) is 20.9 Å². The third-order valence-electron chi connectivity index (χ3n) is 6.61. The lowest BCUT2D eigenvalue weighted by Crippen LogP contribution is -2.50. The summed E-state index contributed by atoms with van der Waals surface area (Å²) in [5, 5.41) is 16.9. The molecule has 12 heteroatoms. The van der Waals surface area contributed by atoms with Crippen LogP contribution in [0.4, 0.5) is 13.2 Å². The number of fused-ring (bicyclic) bond motifs is 1. The number of benzene rings is 1. The first-order valence-corrected chi connectivity index (χ1v) is 12.3. The van der Waals surface area contributed by atoms with Crippen LogP contribution in [0.5, 0.6) is 5.75 Å². The van der Waals surface area contributed by atoms with Crippen LogP contribution >= 0.6 is 0 Å². The van der Waals surface area contributed by atoms with Crippen LogP contribution in [0.3, 0.4) is 0 Å². The van der Waals surface area contributed by atoms with Gasteiger partial charge >= 0.3 is 6.18 Å². The first-order valence-electron chi connectivity index (χ1n) is 12.3. The fourth-order valence-electron chi connectivity index (χ4n) is 4.90. The lowest BCUT2D eigenvalue weighted by Gasteiger charge is -2.23. The van der Waals surface area contributed by atoms with E-state index in [-0.39, 0.29) is 41.3 Å². The van der Waals surface area contributed by atoms with Crippen LogP contribution in [0.15, 0.2) is 6.07 Å². The predicted molar refractivity (Wildman–Crippen MR) is 133 cm³/mol. The number of aromatic nitrogens is 1. The number of nitriles is 1. The highest BCUT2D eigenvalue weighted by atomic mass is 19.4. The summed E-state index contributed by atoms with van der Waals surface area (Å²) in [4.78, 5) is 40.8. The molecule has 2 heterocycles. The van der Waals surface area contributed by atoms with E-state index in [1.807, 2.05) is 6.07 Å². The zero-order chi connectivity index (χ0) is 28.4. The van der Waals surface area contributed by atoms with E-state index in [2.05, 4.69) is 20.9 Å². The second-order valence-electron chi connectivity index (χ2n) is 10.0. The van der Waals surface area contributed by atoms with Crippen molar-refractivity contribution in [3.05, 3.63) is 28.5 Å². The molecule has 38 heavy (non-hydrogen) atoms. The smallest absolute Gasteiger partial charge is 0.419 e. The van der Waals surface area contributed by atoms with Crippen molar-refractivity contribution < 1.29 is 32.3 Å². The number of hydrogen-bond donors (Lipinski definition) is 4. The molecule has 2 aromatic rings. The number of aromatic amines is 1. The number of rotatable bonds is 9. The van der Waals surface area contributed by atoms with E-state index in [4.69, 9.17) is 4.74 Å². The van der Waals surface area contributed by atoms with Crippen molar-refractivity contribution >= 4 is 28.6 Å². The van der Waals surface area contributed by atoms with Gasteiger partial charge < -0.3 is 25.7 Å². The van der Waals surface area contributed by atoms with Crippen molar-refractivity contribution in [2.75, 3.05) is 13.7 Å². The lowest BCUT2D eigenvalue weighted by atomic mass is 9.98. The van der Waals surface area contributed by atoms with E-state index in [1.54, 1.807) is 33.8 Å². The highest BCUT2D eigenvalue weighted by molar-refractivity contribution is 6.05. The van der Waals surface area contributed by atoms with Gasteiger partial charge in [-0.1, -0.05) is 19.9 Å². The van der Waals surface area contributed by atoms with Crippen molar-refractivity contribution in [3.8, 4) is 11.8 Å². The molecule has 1 aromatic heterocycles. The second kappa shape index (κ2) is 11.3. The third kappa shape index (κ3) is 6.03. The van der Waals surface area contributed by atoms with E-state index in [9.17, 15) is 32.8 Å². The van der Waals surface area contributed by atoms with Gasteiger partial charge in [0.15, 0.2) is 0 Å². The Balaban J connectivity index is 1.94. The molecule has 0 spiro atoms. The fourth-order valence-corrected chi connectivity index (χ4v) is 4.90. The molecule has 0 bridgehead atoms. The largest absolute Gasteiger partial charge is 0.496 e. The summed E-state index contributed by atoms with van der Waals surface area (Å²) in [7, 11) is 1.26. The topological polar surface area (TPSA) is 136 Å². The lowest BCUT2D eigenvalue weighted by molar-refractivity contribution is -0.136. The number of ether oxygens (including phenoxy) is 1. The van der Waals surface area contributed by atoms with Crippen LogP contribution in [-0.2, 0) is 15.8 Å². The van der Waals surface area contributed by atoms with Crippen LogP contribution < -0.4 is 20.7 Å². The van der Waals surface area contributed by atoms with Crippen molar-refractivity contribution in [1.29, 1.82) is 5.26 Å². The number of aryl methyl sites for hydroxylation is 2. The zero-order valence-electron chi connectivity index (χ0n) is 21.9. The van der Waals surface area contributed by atoms with Gasteiger partial charge in [0.1, 0.15) is 23.5 Å². The van der Waals surface area contributed by atoms with Crippen molar-refractivity contribution in [3.63, 3.8) is 0 Å². The minimum atomic E-state index is -4.90. The van der Waals surface area contributed by atoms with Crippen LogP contribution in [0, 0.1) is 37.0 Å². The Hall–Kier alpha value is -3.75. The van der Waals surface area contributed by atoms with Gasteiger partial charge in [-0.15, -0.1) is 0 Å². The summed E-state index contributed by atoms with van der Waals surface area (Å²) < 4.78 is 48.1. The maximum absolute atomic E-state index is 14.3. The molecule has 0 unspecified atom stereocenters. The Labute approximate surface area is 218 Å². The summed E-state index contributed by atoms with van der Waals surface area (Å²) in [5.41, 5.74) is -0.842. The maximum atomic E-state index is 14.3. The van der Waals surface area contributed by atoms with Crippen LogP contribution in [0.25, 0.3) is 10.9 Å². The van der Waals surface area contributed by atoms with Gasteiger partial charge in [-0.3, -0.25) is 14.4 Å². The minimum absolute atomic E-state index is 0.00231. The maximum Gasteiger partial charge on any atom is 0.419 e. The molecule has 3 atom stereocenters. The van der Waals surface area contributed by atoms with E-state index in [1.165, 1.54) is 7.11 Å². The van der Waals surface area contributed by atoms with Gasteiger partial charge in [-0.25, -0.2) is 0 Å². The number of amides is 3. The molecule has 0 radical (unpaired) electrons. The van der Waals surface area contributed by atoms with E-state index < -0.39 is 47.2 Å². The monoisotopic (exact) mass is 535 g/mol. The van der Waals surface area contributed by atoms with Crippen LogP contribution in [-0.4, -0.2) is 48.4 Å². The SMILES string of the molecule is COc1c(C)cc(C)c2[nH]c(C(=O)N[C@@H](CC(C)C)C(=O)N[C@H](C#N)C[C@@H]3CCNC3=O)c(C(F)(F)F)c12. The van der Waals surface area contributed by atoms with E-state index >= 15 is 0 Å². The molecule has 9 nitrogen and oxygen atoms in total. The minimum Gasteiger partial charge on any atom is -0.496 e. The summed E-state index contributed by atoms with van der Waals surface area (Å²) in [6.45, 7) is 7.30. The Bertz CT molecular complexity index is 1280. The predicted octanol–water partition coefficient (Wildman–Crippen LogP) is 3.49. The fraction of sp³-hybridized carbons (Fsp3) is 0.538. The van der Waals surface area contributed by atoms with E-state index in [0.717, 1.165) is 0 Å². The summed E-state index contributed by atoms with van der Waals surface area (Å²) >= 11 is 0. The number of carbonyl (C=O) groups excluding carboxylic acids is 3. The zero-order valence-corrected chi connectivity index (χ0v) is 21.9. The van der Waals surface area contributed by atoms with Crippen LogP contribution in [0.1, 0.15) is 60.3 Å². The van der Waals surface area contributed by atoms with Crippen molar-refractivity contribution in [2.45, 2.75) is 65.2 Å². The molecule has 3 amide bonds. The number of carbonyl (C=O) groups is 3. The molecule has 206 valence electrons. The summed E-state index contributed by atoms with van der Waals surface area (Å²) in [6.07, 6.45) is -4.16.